The summed E-state index contributed by atoms with van der Waals surface area (Å²) < 4.78 is 0.775. The summed E-state index contributed by atoms with van der Waals surface area (Å²) in [5.74, 6) is -0.232. The van der Waals surface area contributed by atoms with Gasteiger partial charge in [-0.25, -0.2) is 4.98 Å². The van der Waals surface area contributed by atoms with Crippen LogP contribution in [0.1, 0.15) is 15.9 Å². The van der Waals surface area contributed by atoms with Crippen molar-refractivity contribution in [3.63, 3.8) is 0 Å². The Bertz CT molecular complexity index is 671. The van der Waals surface area contributed by atoms with Crippen molar-refractivity contribution in [3.05, 3.63) is 62.2 Å². The van der Waals surface area contributed by atoms with Crippen LogP contribution in [0, 0.1) is 17.0 Å². The largest absolute Gasteiger partial charge is 0.306 e. The molecule has 0 saturated heterocycles. The summed E-state index contributed by atoms with van der Waals surface area (Å²) in [6.45, 7) is 1.59. The number of aromatic nitrogens is 1. The van der Waals surface area contributed by atoms with E-state index in [-0.39, 0.29) is 11.3 Å². The third-order valence-electron chi connectivity index (χ3n) is 2.63. The SMILES string of the molecule is Cc1cccc(C(=O)Nc2ccc(Br)cn2)c1[N+](=O)[O-]. The van der Waals surface area contributed by atoms with Gasteiger partial charge in [-0.3, -0.25) is 14.9 Å². The topological polar surface area (TPSA) is 85.1 Å². The molecule has 0 unspecified atom stereocenters. The molecule has 0 bridgehead atoms. The van der Waals surface area contributed by atoms with Crippen LogP contribution < -0.4 is 5.32 Å². The maximum atomic E-state index is 12.1. The fourth-order valence-electron chi connectivity index (χ4n) is 1.72. The molecule has 0 aliphatic rings. The van der Waals surface area contributed by atoms with Crippen LogP contribution in [0.15, 0.2) is 41.0 Å². The Morgan fingerprint density at radius 1 is 1.35 bits per heavy atom. The summed E-state index contributed by atoms with van der Waals surface area (Å²) in [6.07, 6.45) is 1.53. The molecule has 20 heavy (non-hydrogen) atoms. The summed E-state index contributed by atoms with van der Waals surface area (Å²) in [6, 6.07) is 7.93. The third-order valence-corrected chi connectivity index (χ3v) is 3.10. The summed E-state index contributed by atoms with van der Waals surface area (Å²) >= 11 is 3.23. The molecule has 0 aliphatic carbocycles. The predicted molar refractivity (Wildman–Crippen MR) is 77.7 cm³/mol. The average Bonchev–Trinajstić information content (AvgIpc) is 2.40. The van der Waals surface area contributed by atoms with E-state index < -0.39 is 10.8 Å². The Morgan fingerprint density at radius 3 is 2.70 bits per heavy atom. The third kappa shape index (κ3) is 3.00. The zero-order valence-corrected chi connectivity index (χ0v) is 12.0. The fourth-order valence-corrected chi connectivity index (χ4v) is 1.95. The second-order valence-electron chi connectivity index (χ2n) is 4.04. The van der Waals surface area contributed by atoms with Crippen molar-refractivity contribution in [1.29, 1.82) is 0 Å². The number of hydrogen-bond donors (Lipinski definition) is 1. The van der Waals surface area contributed by atoms with Crippen LogP contribution in [0.4, 0.5) is 11.5 Å². The zero-order valence-electron chi connectivity index (χ0n) is 10.5. The highest BCUT2D eigenvalue weighted by Gasteiger charge is 2.22. The number of carbonyl (C=O) groups is 1. The first kappa shape index (κ1) is 14.1. The number of carbonyl (C=O) groups excluding carboxylic acids is 1. The molecule has 0 spiro atoms. The maximum Gasteiger partial charge on any atom is 0.285 e. The number of nitrogens with one attached hydrogen (secondary N) is 1. The van der Waals surface area contributed by atoms with Crippen molar-refractivity contribution in [2.75, 3.05) is 5.32 Å². The minimum absolute atomic E-state index is 0.0136. The van der Waals surface area contributed by atoms with E-state index in [9.17, 15) is 14.9 Å². The lowest BCUT2D eigenvalue weighted by atomic mass is 10.1. The van der Waals surface area contributed by atoms with E-state index in [0.717, 1.165) is 4.47 Å². The van der Waals surface area contributed by atoms with Gasteiger partial charge in [0.05, 0.1) is 4.92 Å². The van der Waals surface area contributed by atoms with Gasteiger partial charge in [-0.1, -0.05) is 12.1 Å². The second-order valence-corrected chi connectivity index (χ2v) is 4.96. The van der Waals surface area contributed by atoms with Crippen LogP contribution in [0.2, 0.25) is 0 Å². The van der Waals surface area contributed by atoms with Gasteiger partial charge >= 0.3 is 0 Å². The van der Waals surface area contributed by atoms with Gasteiger partial charge in [-0.05, 0) is 41.1 Å². The van der Waals surface area contributed by atoms with E-state index >= 15 is 0 Å². The molecule has 1 aromatic heterocycles. The van der Waals surface area contributed by atoms with Gasteiger partial charge in [0.25, 0.3) is 11.6 Å². The number of amides is 1. The van der Waals surface area contributed by atoms with Crippen LogP contribution >= 0.6 is 15.9 Å². The minimum atomic E-state index is -0.560. The van der Waals surface area contributed by atoms with Gasteiger partial charge in [-0.15, -0.1) is 0 Å². The van der Waals surface area contributed by atoms with E-state index in [4.69, 9.17) is 0 Å². The molecule has 1 amide bonds. The molecule has 0 fully saturated rings. The number of nitro benzene ring substituents is 1. The Kier molecular flexibility index (Phi) is 4.09. The number of nitro groups is 1. The molecule has 0 saturated carbocycles. The molecule has 7 heteroatoms. The monoisotopic (exact) mass is 335 g/mol. The second kappa shape index (κ2) is 5.79. The highest BCUT2D eigenvalue weighted by Crippen LogP contribution is 2.23. The first-order valence-electron chi connectivity index (χ1n) is 5.66. The molecule has 2 rings (SSSR count). The van der Waals surface area contributed by atoms with Crippen molar-refractivity contribution < 1.29 is 9.72 Å². The van der Waals surface area contributed by atoms with Gasteiger partial charge in [0, 0.05) is 16.2 Å². The molecule has 1 aromatic carbocycles. The molecule has 0 radical (unpaired) electrons. The number of hydrogen-bond acceptors (Lipinski definition) is 4. The van der Waals surface area contributed by atoms with E-state index in [0.29, 0.717) is 11.4 Å². The summed E-state index contributed by atoms with van der Waals surface area (Å²) in [5.41, 5.74) is 0.258. The zero-order chi connectivity index (χ0) is 14.7. The Labute approximate surface area is 123 Å². The number of aryl methyl sites for hydroxylation is 1. The van der Waals surface area contributed by atoms with Crippen LogP contribution in [0.3, 0.4) is 0 Å². The molecular weight excluding hydrogens is 326 g/mol. The summed E-state index contributed by atoms with van der Waals surface area (Å²) in [4.78, 5) is 26.6. The number of pyridine rings is 1. The average molecular weight is 336 g/mol. The number of halogens is 1. The van der Waals surface area contributed by atoms with Crippen LogP contribution in [-0.2, 0) is 0 Å². The molecule has 2 aromatic rings. The van der Waals surface area contributed by atoms with Crippen LogP contribution in [0.5, 0.6) is 0 Å². The van der Waals surface area contributed by atoms with Crippen molar-refractivity contribution in [1.82, 2.24) is 4.98 Å². The molecule has 102 valence electrons. The number of para-hydroxylation sites is 1. The van der Waals surface area contributed by atoms with Gasteiger partial charge in [0.1, 0.15) is 11.4 Å². The van der Waals surface area contributed by atoms with Crippen molar-refractivity contribution in [2.24, 2.45) is 0 Å². The Balaban J connectivity index is 2.32. The highest BCUT2D eigenvalue weighted by atomic mass is 79.9. The molecule has 6 nitrogen and oxygen atoms in total. The Morgan fingerprint density at radius 2 is 2.10 bits per heavy atom. The predicted octanol–water partition coefficient (Wildman–Crippen LogP) is 3.31. The number of benzene rings is 1. The lowest BCUT2D eigenvalue weighted by Crippen LogP contribution is -2.15. The molecule has 0 atom stereocenters. The van der Waals surface area contributed by atoms with Crippen molar-refractivity contribution >= 4 is 33.3 Å². The first-order valence-corrected chi connectivity index (χ1v) is 6.45. The van der Waals surface area contributed by atoms with Crippen LogP contribution in [0.25, 0.3) is 0 Å². The molecular formula is C13H10BrN3O3. The normalized spacial score (nSPS) is 10.1. The standard InChI is InChI=1S/C13H10BrN3O3/c1-8-3-2-4-10(12(8)17(19)20)13(18)16-11-6-5-9(14)7-15-11/h2-7H,1H3,(H,15,16,18). The highest BCUT2D eigenvalue weighted by molar-refractivity contribution is 9.10. The number of anilines is 1. The lowest BCUT2D eigenvalue weighted by Gasteiger charge is -2.06. The van der Waals surface area contributed by atoms with Crippen LogP contribution in [-0.4, -0.2) is 15.8 Å². The maximum absolute atomic E-state index is 12.1. The van der Waals surface area contributed by atoms with E-state index in [1.807, 2.05) is 0 Å². The van der Waals surface area contributed by atoms with Gasteiger partial charge in [-0.2, -0.15) is 0 Å². The number of nitrogens with zero attached hydrogens (tertiary/aromatic N) is 2. The fraction of sp³-hybridized carbons (Fsp3) is 0.0769. The quantitative estimate of drug-likeness (QED) is 0.688. The smallest absolute Gasteiger partial charge is 0.285 e. The van der Waals surface area contributed by atoms with E-state index in [2.05, 4.69) is 26.2 Å². The Hall–Kier alpha value is -2.28. The van der Waals surface area contributed by atoms with Crippen molar-refractivity contribution in [2.45, 2.75) is 6.92 Å². The van der Waals surface area contributed by atoms with Crippen molar-refractivity contribution in [3.8, 4) is 0 Å². The summed E-state index contributed by atoms with van der Waals surface area (Å²) in [5, 5.41) is 13.6. The molecule has 1 heterocycles. The van der Waals surface area contributed by atoms with E-state index in [1.165, 1.54) is 12.3 Å². The molecule has 0 aliphatic heterocycles. The first-order chi connectivity index (χ1) is 9.49. The van der Waals surface area contributed by atoms with Gasteiger partial charge in [0.2, 0.25) is 0 Å². The summed E-state index contributed by atoms with van der Waals surface area (Å²) in [7, 11) is 0. The molecule has 1 N–H and O–H groups in total. The van der Waals surface area contributed by atoms with Gasteiger partial charge in [0.15, 0.2) is 0 Å². The van der Waals surface area contributed by atoms with E-state index in [1.54, 1.807) is 31.2 Å². The minimum Gasteiger partial charge on any atom is -0.306 e. The lowest BCUT2D eigenvalue weighted by molar-refractivity contribution is -0.385. The number of rotatable bonds is 3. The van der Waals surface area contributed by atoms with Gasteiger partial charge < -0.3 is 5.32 Å².